The van der Waals surface area contributed by atoms with E-state index in [-0.39, 0.29) is 0 Å². The lowest BCUT2D eigenvalue weighted by Gasteiger charge is -2.17. The van der Waals surface area contributed by atoms with Crippen LogP contribution >= 0.6 is 7.14 Å². The molecule has 0 bridgehead atoms. The SMILES string of the molecule is CCP(C)(=O)c1ccc(-c2cnc3c(n2)N(Cc2ccc4ncccc4c2)NN3)cc1. The Labute approximate surface area is 180 Å². The van der Waals surface area contributed by atoms with E-state index in [1.807, 2.05) is 55.0 Å². The van der Waals surface area contributed by atoms with Crippen molar-refractivity contribution in [2.75, 3.05) is 23.3 Å². The summed E-state index contributed by atoms with van der Waals surface area (Å²) in [6.07, 6.45) is 4.20. The first-order valence-corrected chi connectivity index (χ1v) is 12.5. The molecule has 8 heteroatoms. The van der Waals surface area contributed by atoms with Crippen molar-refractivity contribution in [3.63, 3.8) is 0 Å². The van der Waals surface area contributed by atoms with E-state index in [4.69, 9.17) is 4.98 Å². The Morgan fingerprint density at radius 1 is 1.06 bits per heavy atom. The summed E-state index contributed by atoms with van der Waals surface area (Å²) in [6.45, 7) is 4.41. The van der Waals surface area contributed by atoms with Gasteiger partial charge in [-0.2, -0.15) is 0 Å². The second kappa shape index (κ2) is 7.76. The molecule has 0 fully saturated rings. The van der Waals surface area contributed by atoms with E-state index in [1.165, 1.54) is 0 Å². The van der Waals surface area contributed by atoms with Gasteiger partial charge in [0.1, 0.15) is 7.14 Å². The standard InChI is InChI=1S/C23H23N6OP/c1-3-31(2,30)19-9-7-17(8-10-19)21-14-25-22-23(26-21)29(28-27-22)15-16-6-11-20-18(13-16)5-4-12-24-20/h4-14,28H,3,15H2,1-2H3,(H,25,27). The van der Waals surface area contributed by atoms with Gasteiger partial charge < -0.3 is 4.57 Å². The van der Waals surface area contributed by atoms with Crippen LogP contribution in [0.1, 0.15) is 12.5 Å². The lowest BCUT2D eigenvalue weighted by molar-refractivity contribution is 0.585. The predicted molar refractivity (Wildman–Crippen MR) is 126 cm³/mol. The van der Waals surface area contributed by atoms with E-state index >= 15 is 0 Å². The van der Waals surface area contributed by atoms with Crippen LogP contribution in [0.5, 0.6) is 0 Å². The maximum atomic E-state index is 12.6. The zero-order valence-electron chi connectivity index (χ0n) is 17.4. The topological polar surface area (TPSA) is 83.0 Å². The van der Waals surface area contributed by atoms with Gasteiger partial charge in [0.25, 0.3) is 0 Å². The Morgan fingerprint density at radius 2 is 1.90 bits per heavy atom. The number of benzene rings is 2. The molecule has 1 aliphatic rings. The van der Waals surface area contributed by atoms with Gasteiger partial charge in [-0.3, -0.25) is 15.4 Å². The van der Waals surface area contributed by atoms with Gasteiger partial charge >= 0.3 is 0 Å². The number of nitrogens with one attached hydrogen (secondary N) is 2. The highest BCUT2D eigenvalue weighted by molar-refractivity contribution is 7.70. The molecule has 2 aromatic carbocycles. The quantitative estimate of drug-likeness (QED) is 0.460. The van der Waals surface area contributed by atoms with Gasteiger partial charge in [0.2, 0.25) is 0 Å². The van der Waals surface area contributed by atoms with Crippen LogP contribution in [0.15, 0.2) is 67.0 Å². The van der Waals surface area contributed by atoms with Gasteiger partial charge in [-0.05, 0) is 30.4 Å². The summed E-state index contributed by atoms with van der Waals surface area (Å²) in [5, 5.41) is 3.94. The van der Waals surface area contributed by atoms with Crippen molar-refractivity contribution in [3.8, 4) is 11.3 Å². The van der Waals surface area contributed by atoms with E-state index in [0.717, 1.165) is 38.8 Å². The molecular weight excluding hydrogens is 407 g/mol. The molecule has 1 atom stereocenters. The Morgan fingerprint density at radius 3 is 2.71 bits per heavy atom. The van der Waals surface area contributed by atoms with E-state index in [9.17, 15) is 4.57 Å². The van der Waals surface area contributed by atoms with Gasteiger partial charge in [0.05, 0.1) is 24.0 Å². The fourth-order valence-electron chi connectivity index (χ4n) is 3.62. The molecule has 4 aromatic rings. The molecule has 0 saturated carbocycles. The molecule has 1 unspecified atom stereocenters. The van der Waals surface area contributed by atoms with Gasteiger partial charge in [-0.1, -0.05) is 43.3 Å². The van der Waals surface area contributed by atoms with Crippen molar-refractivity contribution in [3.05, 3.63) is 72.6 Å². The number of hydrazine groups is 2. The van der Waals surface area contributed by atoms with Crippen molar-refractivity contribution >= 4 is 35.0 Å². The molecule has 2 N–H and O–H groups in total. The van der Waals surface area contributed by atoms with Crippen LogP contribution in [0.2, 0.25) is 0 Å². The van der Waals surface area contributed by atoms with Crippen LogP contribution in [-0.2, 0) is 11.1 Å². The number of aromatic nitrogens is 3. The predicted octanol–water partition coefficient (Wildman–Crippen LogP) is 4.18. The summed E-state index contributed by atoms with van der Waals surface area (Å²) in [6, 6.07) is 18.0. The highest BCUT2D eigenvalue weighted by Gasteiger charge is 2.23. The average molecular weight is 430 g/mol. The molecule has 0 aliphatic carbocycles. The van der Waals surface area contributed by atoms with Crippen LogP contribution in [0.4, 0.5) is 11.6 Å². The third-order valence-corrected chi connectivity index (χ3v) is 8.24. The van der Waals surface area contributed by atoms with Gasteiger partial charge in [0.15, 0.2) is 11.6 Å². The minimum Gasteiger partial charge on any atom is -0.319 e. The molecule has 1 aliphatic heterocycles. The summed E-state index contributed by atoms with van der Waals surface area (Å²) in [7, 11) is -2.29. The first-order chi connectivity index (χ1) is 15.0. The van der Waals surface area contributed by atoms with E-state index in [1.54, 1.807) is 12.4 Å². The van der Waals surface area contributed by atoms with Crippen LogP contribution in [0.25, 0.3) is 22.2 Å². The molecular formula is C23H23N6OP. The number of pyridine rings is 1. The smallest absolute Gasteiger partial charge is 0.190 e. The summed E-state index contributed by atoms with van der Waals surface area (Å²) in [5.74, 6) is 1.43. The molecule has 3 heterocycles. The minimum atomic E-state index is -2.29. The van der Waals surface area contributed by atoms with Crippen molar-refractivity contribution in [1.29, 1.82) is 0 Å². The minimum absolute atomic E-state index is 0.622. The fourth-order valence-corrected chi connectivity index (χ4v) is 4.76. The van der Waals surface area contributed by atoms with E-state index in [2.05, 4.69) is 39.1 Å². The lowest BCUT2D eigenvalue weighted by atomic mass is 10.1. The Balaban J connectivity index is 1.42. The van der Waals surface area contributed by atoms with Crippen LogP contribution in [0.3, 0.4) is 0 Å². The average Bonchev–Trinajstić information content (AvgIpc) is 3.21. The zero-order valence-corrected chi connectivity index (χ0v) is 18.3. The summed E-state index contributed by atoms with van der Waals surface area (Å²) in [4.78, 5) is 13.7. The molecule has 0 saturated heterocycles. The Hall–Kier alpha value is -3.28. The maximum absolute atomic E-state index is 12.6. The molecule has 5 rings (SSSR count). The molecule has 2 aromatic heterocycles. The molecule has 0 radical (unpaired) electrons. The monoisotopic (exact) mass is 430 g/mol. The second-order valence-electron chi connectivity index (χ2n) is 7.74. The third-order valence-electron chi connectivity index (χ3n) is 5.64. The van der Waals surface area contributed by atoms with E-state index in [0.29, 0.717) is 18.5 Å². The van der Waals surface area contributed by atoms with Crippen molar-refractivity contribution in [2.24, 2.45) is 0 Å². The summed E-state index contributed by atoms with van der Waals surface area (Å²) >= 11 is 0. The van der Waals surface area contributed by atoms with Crippen LogP contribution < -0.4 is 21.3 Å². The molecule has 0 amide bonds. The Bertz CT molecular complexity index is 1310. The third kappa shape index (κ3) is 3.78. The number of rotatable bonds is 5. The first kappa shape index (κ1) is 19.7. The number of hydrogen-bond acceptors (Lipinski definition) is 7. The van der Waals surface area contributed by atoms with E-state index < -0.39 is 7.14 Å². The largest absolute Gasteiger partial charge is 0.319 e. The second-order valence-corrected chi connectivity index (χ2v) is 11.1. The number of nitrogens with zero attached hydrogens (tertiary/aromatic N) is 4. The Kier molecular flexibility index (Phi) is 4.93. The fraction of sp³-hybridized carbons (Fsp3) is 0.174. The summed E-state index contributed by atoms with van der Waals surface area (Å²) < 4.78 is 12.6. The number of fused-ring (bicyclic) bond motifs is 2. The van der Waals surface area contributed by atoms with Crippen molar-refractivity contribution < 1.29 is 4.57 Å². The van der Waals surface area contributed by atoms with Crippen molar-refractivity contribution in [1.82, 2.24) is 20.5 Å². The maximum Gasteiger partial charge on any atom is 0.190 e. The van der Waals surface area contributed by atoms with Crippen LogP contribution in [0, 0.1) is 0 Å². The van der Waals surface area contributed by atoms with Gasteiger partial charge in [0, 0.05) is 28.6 Å². The van der Waals surface area contributed by atoms with Crippen LogP contribution in [-0.4, -0.2) is 27.8 Å². The molecule has 31 heavy (non-hydrogen) atoms. The normalized spacial score (nSPS) is 14.8. The lowest BCUT2D eigenvalue weighted by Crippen LogP contribution is -2.35. The highest BCUT2D eigenvalue weighted by Crippen LogP contribution is 2.39. The molecule has 7 nitrogen and oxygen atoms in total. The molecule has 156 valence electrons. The van der Waals surface area contributed by atoms with Gasteiger partial charge in [-0.15, -0.1) is 5.53 Å². The summed E-state index contributed by atoms with van der Waals surface area (Å²) in [5.41, 5.74) is 10.0. The zero-order chi connectivity index (χ0) is 21.4. The molecule has 0 spiro atoms. The van der Waals surface area contributed by atoms with Gasteiger partial charge in [-0.25, -0.2) is 9.97 Å². The first-order valence-electron chi connectivity index (χ1n) is 10.2. The number of anilines is 2. The number of hydrogen-bond donors (Lipinski definition) is 2. The highest BCUT2D eigenvalue weighted by atomic mass is 31.2. The van der Waals surface area contributed by atoms with Crippen molar-refractivity contribution in [2.45, 2.75) is 13.5 Å².